The zero-order valence-corrected chi connectivity index (χ0v) is 14.9. The number of hydrogen-bond acceptors (Lipinski definition) is 7. The number of hydroxylamine groups is 1. The van der Waals surface area contributed by atoms with Crippen LogP contribution in [0.15, 0.2) is 22.8 Å². The smallest absolute Gasteiger partial charge is 0.217 e. The topological polar surface area (TPSA) is 96.4 Å². The van der Waals surface area contributed by atoms with Crippen LogP contribution in [0.1, 0.15) is 33.5 Å². The summed E-state index contributed by atoms with van der Waals surface area (Å²) in [6.45, 7) is 6.93. The van der Waals surface area contributed by atoms with Crippen LogP contribution in [0.25, 0.3) is 0 Å². The van der Waals surface area contributed by atoms with Crippen LogP contribution in [0.2, 0.25) is 0 Å². The van der Waals surface area contributed by atoms with Crippen LogP contribution < -0.4 is 0 Å². The van der Waals surface area contributed by atoms with Gasteiger partial charge in [-0.1, -0.05) is 0 Å². The van der Waals surface area contributed by atoms with Crippen molar-refractivity contribution in [3.63, 3.8) is 0 Å². The average molecular weight is 355 g/mol. The molecule has 25 heavy (non-hydrogen) atoms. The summed E-state index contributed by atoms with van der Waals surface area (Å²) in [5, 5.41) is 21.9. The molecule has 2 aliphatic rings. The highest BCUT2D eigenvalue weighted by Gasteiger charge is 2.54. The van der Waals surface area contributed by atoms with Crippen LogP contribution in [0.5, 0.6) is 0 Å². The molecule has 8 heteroatoms. The third kappa shape index (κ3) is 4.21. The second kappa shape index (κ2) is 6.69. The first-order chi connectivity index (χ1) is 11.7. The molecular weight excluding hydrogens is 330 g/mol. The SMILES string of the molecule is CC1(C)O[C@H]([C@@H]2OC(C)(C)O[C@@H]2CO)[C@@H](C/[N+]([O-])=C/c2ccco2)O1. The molecule has 3 heterocycles. The first-order valence-corrected chi connectivity index (χ1v) is 8.33. The maximum Gasteiger partial charge on any atom is 0.217 e. The lowest BCUT2D eigenvalue weighted by molar-refractivity contribution is -0.466. The molecule has 4 atom stereocenters. The van der Waals surface area contributed by atoms with E-state index in [1.165, 1.54) is 12.5 Å². The van der Waals surface area contributed by atoms with E-state index in [0.29, 0.717) is 5.76 Å². The van der Waals surface area contributed by atoms with Gasteiger partial charge in [-0.25, -0.2) is 4.74 Å². The Morgan fingerprint density at radius 1 is 1.08 bits per heavy atom. The lowest BCUT2D eigenvalue weighted by atomic mass is 10.0. The molecule has 2 aliphatic heterocycles. The molecule has 0 unspecified atom stereocenters. The number of furan rings is 1. The van der Waals surface area contributed by atoms with Crippen LogP contribution in [-0.4, -0.2) is 65.2 Å². The molecule has 0 aliphatic carbocycles. The Kier molecular flexibility index (Phi) is 4.91. The van der Waals surface area contributed by atoms with Gasteiger partial charge in [-0.2, -0.15) is 0 Å². The fourth-order valence-corrected chi connectivity index (χ4v) is 3.30. The zero-order valence-electron chi connectivity index (χ0n) is 14.9. The van der Waals surface area contributed by atoms with E-state index < -0.39 is 36.0 Å². The largest absolute Gasteiger partial charge is 0.624 e. The van der Waals surface area contributed by atoms with E-state index in [1.54, 1.807) is 39.8 Å². The summed E-state index contributed by atoms with van der Waals surface area (Å²) in [6, 6.07) is 3.40. The molecule has 140 valence electrons. The van der Waals surface area contributed by atoms with E-state index in [9.17, 15) is 10.3 Å². The third-order valence-corrected chi connectivity index (χ3v) is 4.12. The molecule has 0 radical (unpaired) electrons. The highest BCUT2D eigenvalue weighted by molar-refractivity contribution is 5.71. The normalized spacial score (nSPS) is 34.5. The first-order valence-electron chi connectivity index (χ1n) is 8.33. The van der Waals surface area contributed by atoms with Gasteiger partial charge in [0, 0.05) is 0 Å². The zero-order chi connectivity index (χ0) is 18.2. The van der Waals surface area contributed by atoms with Gasteiger partial charge in [0.1, 0.15) is 24.4 Å². The summed E-state index contributed by atoms with van der Waals surface area (Å²) in [5.41, 5.74) is 0. The Labute approximate surface area is 146 Å². The minimum atomic E-state index is -0.864. The Bertz CT molecular complexity index is 611. The van der Waals surface area contributed by atoms with Crippen LogP contribution in [-0.2, 0) is 18.9 Å². The molecule has 2 fully saturated rings. The molecule has 0 bridgehead atoms. The fourth-order valence-electron chi connectivity index (χ4n) is 3.30. The van der Waals surface area contributed by atoms with E-state index in [4.69, 9.17) is 23.4 Å². The van der Waals surface area contributed by atoms with E-state index >= 15 is 0 Å². The molecule has 8 nitrogen and oxygen atoms in total. The van der Waals surface area contributed by atoms with Crippen molar-refractivity contribution in [3.05, 3.63) is 29.4 Å². The van der Waals surface area contributed by atoms with Crippen molar-refractivity contribution in [2.75, 3.05) is 13.2 Å². The van der Waals surface area contributed by atoms with Gasteiger partial charge in [-0.3, -0.25) is 0 Å². The maximum atomic E-state index is 12.3. The number of nitrogens with zero attached hydrogens (tertiary/aromatic N) is 1. The Morgan fingerprint density at radius 3 is 2.24 bits per heavy atom. The van der Waals surface area contributed by atoms with E-state index in [0.717, 1.165) is 4.74 Å². The quantitative estimate of drug-likeness (QED) is 0.367. The van der Waals surface area contributed by atoms with Gasteiger partial charge >= 0.3 is 0 Å². The van der Waals surface area contributed by atoms with Gasteiger partial charge in [-0.05, 0) is 39.8 Å². The summed E-state index contributed by atoms with van der Waals surface area (Å²) in [6.07, 6.45) is 0.674. The fraction of sp³-hybridized carbons (Fsp3) is 0.706. The Balaban J connectivity index is 1.77. The van der Waals surface area contributed by atoms with Gasteiger partial charge in [0.05, 0.1) is 12.9 Å². The predicted molar refractivity (Wildman–Crippen MR) is 87.1 cm³/mol. The second-order valence-electron chi connectivity index (χ2n) is 7.20. The number of aliphatic hydroxyl groups excluding tert-OH is 1. The van der Waals surface area contributed by atoms with E-state index in [2.05, 4.69) is 0 Å². The van der Waals surface area contributed by atoms with E-state index in [-0.39, 0.29) is 13.2 Å². The minimum Gasteiger partial charge on any atom is -0.624 e. The van der Waals surface area contributed by atoms with Crippen molar-refractivity contribution in [3.8, 4) is 0 Å². The van der Waals surface area contributed by atoms with Crippen molar-refractivity contribution in [2.45, 2.75) is 63.7 Å². The van der Waals surface area contributed by atoms with Crippen molar-refractivity contribution < 1.29 is 33.2 Å². The molecule has 1 aromatic rings. The minimum absolute atomic E-state index is 0.0350. The molecule has 3 rings (SSSR count). The third-order valence-electron chi connectivity index (χ3n) is 4.12. The number of ether oxygens (including phenoxy) is 4. The van der Waals surface area contributed by atoms with Gasteiger partial charge in [0.2, 0.25) is 6.21 Å². The van der Waals surface area contributed by atoms with Gasteiger partial charge < -0.3 is 33.7 Å². The lowest BCUT2D eigenvalue weighted by Gasteiger charge is -2.25. The highest BCUT2D eigenvalue weighted by atomic mass is 16.8. The summed E-state index contributed by atoms with van der Waals surface area (Å²) in [5.74, 6) is -1.24. The van der Waals surface area contributed by atoms with Crippen LogP contribution >= 0.6 is 0 Å². The molecule has 0 amide bonds. The number of aliphatic hydroxyl groups is 1. The predicted octanol–water partition coefficient (Wildman–Crippen LogP) is 1.24. The van der Waals surface area contributed by atoms with Gasteiger partial charge in [0.25, 0.3) is 0 Å². The second-order valence-corrected chi connectivity index (χ2v) is 7.20. The molecule has 2 saturated heterocycles. The van der Waals surface area contributed by atoms with Crippen LogP contribution in [0, 0.1) is 5.21 Å². The summed E-state index contributed by atoms with van der Waals surface area (Å²) in [7, 11) is 0. The Hall–Kier alpha value is -1.45. The lowest BCUT2D eigenvalue weighted by Crippen LogP contribution is -2.45. The van der Waals surface area contributed by atoms with Crippen molar-refractivity contribution in [1.82, 2.24) is 0 Å². The highest BCUT2D eigenvalue weighted by Crippen LogP contribution is 2.38. The molecule has 1 N–H and O–H groups in total. The summed E-state index contributed by atoms with van der Waals surface area (Å²) >= 11 is 0. The molecular formula is C17H25NO7. The average Bonchev–Trinajstić information content (AvgIpc) is 3.17. The molecule has 0 spiro atoms. The number of rotatable bonds is 5. The summed E-state index contributed by atoms with van der Waals surface area (Å²) in [4.78, 5) is 0. The first kappa shape index (κ1) is 18.3. The Morgan fingerprint density at radius 2 is 1.68 bits per heavy atom. The molecule has 0 aromatic carbocycles. The number of hydrogen-bond donors (Lipinski definition) is 1. The standard InChI is InChI=1S/C17H25NO7/c1-16(2)22-12(9-18(20)8-11-6-5-7-21-11)14(24-16)15-13(10-19)23-17(3,4)25-15/h5-8,12-15,19H,9-10H2,1-4H3/b18-8-/t12-,13-,14+,15-/m1/s1. The van der Waals surface area contributed by atoms with Crippen molar-refractivity contribution in [1.29, 1.82) is 0 Å². The van der Waals surface area contributed by atoms with Crippen molar-refractivity contribution in [2.24, 2.45) is 0 Å². The van der Waals surface area contributed by atoms with Gasteiger partial charge in [0.15, 0.2) is 23.9 Å². The van der Waals surface area contributed by atoms with E-state index in [1.807, 2.05) is 0 Å². The van der Waals surface area contributed by atoms with Crippen molar-refractivity contribution >= 4 is 6.21 Å². The monoisotopic (exact) mass is 355 g/mol. The van der Waals surface area contributed by atoms with Gasteiger partial charge in [-0.15, -0.1) is 0 Å². The van der Waals surface area contributed by atoms with Crippen LogP contribution in [0.3, 0.4) is 0 Å². The molecule has 1 aromatic heterocycles. The molecule has 0 saturated carbocycles. The maximum absolute atomic E-state index is 12.3. The van der Waals surface area contributed by atoms with Crippen LogP contribution in [0.4, 0.5) is 0 Å². The summed E-state index contributed by atoms with van der Waals surface area (Å²) < 4.78 is 29.4.